The van der Waals surface area contributed by atoms with Crippen molar-refractivity contribution in [3.8, 4) is 0 Å². The third kappa shape index (κ3) is 3.14. The normalized spacial score (nSPS) is 15.5. The topological polar surface area (TPSA) is 77.6 Å². The first-order valence-corrected chi connectivity index (χ1v) is 8.65. The van der Waals surface area contributed by atoms with Crippen molar-refractivity contribution in [2.75, 3.05) is 0 Å². The maximum absolute atomic E-state index is 12.9. The van der Waals surface area contributed by atoms with Gasteiger partial charge in [-0.2, -0.15) is 10.2 Å². The predicted molar refractivity (Wildman–Crippen MR) is 94.4 cm³/mol. The molecule has 130 valence electrons. The number of carbonyl (C=O) groups is 1. The number of aromatic nitrogens is 5. The van der Waals surface area contributed by atoms with Gasteiger partial charge in [0.15, 0.2) is 5.65 Å². The number of nitrogens with zero attached hydrogens (tertiary/aromatic N) is 5. The minimum atomic E-state index is -0.0846. The van der Waals surface area contributed by atoms with Gasteiger partial charge in [0.05, 0.1) is 29.4 Å². The highest BCUT2D eigenvalue weighted by Crippen LogP contribution is 2.40. The van der Waals surface area contributed by atoms with Crippen LogP contribution in [-0.2, 0) is 13.6 Å². The van der Waals surface area contributed by atoms with Crippen molar-refractivity contribution in [1.82, 2.24) is 29.9 Å². The molecule has 3 aromatic heterocycles. The molecule has 1 unspecified atom stereocenters. The Balaban J connectivity index is 1.58. The third-order valence-corrected chi connectivity index (χ3v) is 4.58. The van der Waals surface area contributed by atoms with E-state index in [1.54, 1.807) is 10.9 Å². The second-order valence-corrected chi connectivity index (χ2v) is 6.93. The van der Waals surface area contributed by atoms with Gasteiger partial charge in [0.25, 0.3) is 5.91 Å². The molecule has 0 aliphatic heterocycles. The molecule has 3 heterocycles. The minimum Gasteiger partial charge on any atom is -0.348 e. The fourth-order valence-corrected chi connectivity index (χ4v) is 3.10. The highest BCUT2D eigenvalue weighted by molar-refractivity contribution is 6.05. The molecule has 0 saturated heterocycles. The third-order valence-electron chi connectivity index (χ3n) is 4.58. The molecule has 1 aliphatic carbocycles. The Bertz CT molecular complexity index is 936. The quantitative estimate of drug-likeness (QED) is 0.773. The molecule has 0 bridgehead atoms. The van der Waals surface area contributed by atoms with Crippen molar-refractivity contribution in [3.05, 3.63) is 41.5 Å². The summed E-state index contributed by atoms with van der Waals surface area (Å²) < 4.78 is 3.58. The number of pyridine rings is 1. The van der Waals surface area contributed by atoms with Crippen LogP contribution in [0.5, 0.6) is 0 Å². The van der Waals surface area contributed by atoms with Gasteiger partial charge in [0, 0.05) is 30.9 Å². The molecular weight excluding hydrogens is 316 g/mol. The maximum atomic E-state index is 12.9. The lowest BCUT2D eigenvalue weighted by Gasteiger charge is -2.15. The summed E-state index contributed by atoms with van der Waals surface area (Å²) in [5.41, 5.74) is 3.39. The number of hydrogen-bond acceptors (Lipinski definition) is 4. The number of amides is 1. The van der Waals surface area contributed by atoms with Gasteiger partial charge in [-0.25, -0.2) is 4.98 Å². The summed E-state index contributed by atoms with van der Waals surface area (Å²) in [6, 6.07) is 3.86. The molecule has 1 saturated carbocycles. The molecule has 1 atom stereocenters. The van der Waals surface area contributed by atoms with Crippen molar-refractivity contribution in [3.63, 3.8) is 0 Å². The van der Waals surface area contributed by atoms with Gasteiger partial charge in [0.2, 0.25) is 0 Å². The van der Waals surface area contributed by atoms with E-state index >= 15 is 0 Å². The molecule has 3 aromatic rings. The summed E-state index contributed by atoms with van der Waals surface area (Å²) >= 11 is 0. The van der Waals surface area contributed by atoms with E-state index in [2.05, 4.69) is 15.5 Å². The second kappa shape index (κ2) is 5.98. The van der Waals surface area contributed by atoms with E-state index in [0.717, 1.165) is 35.3 Å². The van der Waals surface area contributed by atoms with Gasteiger partial charge in [-0.1, -0.05) is 0 Å². The van der Waals surface area contributed by atoms with E-state index in [1.165, 1.54) is 0 Å². The summed E-state index contributed by atoms with van der Waals surface area (Å²) in [7, 11) is 1.86. The lowest BCUT2D eigenvalue weighted by molar-refractivity contribution is 0.0937. The second-order valence-electron chi connectivity index (χ2n) is 6.93. The van der Waals surface area contributed by atoms with Crippen molar-refractivity contribution >= 4 is 16.9 Å². The standard InChI is InChI=1S/C18H22N6O/c1-11-6-7-24(22-11)10-12(2)20-18(25)14-8-16(13-4-5-13)21-17-15(14)9-19-23(17)3/h6-9,12-13H,4-5,10H2,1-3H3,(H,20,25). The van der Waals surface area contributed by atoms with Crippen LogP contribution in [0.15, 0.2) is 24.5 Å². The molecule has 4 rings (SSSR count). The van der Waals surface area contributed by atoms with Gasteiger partial charge < -0.3 is 5.32 Å². The number of carbonyl (C=O) groups excluding carboxylic acids is 1. The molecule has 7 heteroatoms. The van der Waals surface area contributed by atoms with Gasteiger partial charge in [0.1, 0.15) is 0 Å². The average molecular weight is 338 g/mol. The van der Waals surface area contributed by atoms with E-state index < -0.39 is 0 Å². The van der Waals surface area contributed by atoms with Gasteiger partial charge in [-0.05, 0) is 38.8 Å². The summed E-state index contributed by atoms with van der Waals surface area (Å²) in [4.78, 5) is 17.6. The highest BCUT2D eigenvalue weighted by Gasteiger charge is 2.28. The number of rotatable bonds is 5. The van der Waals surface area contributed by atoms with Crippen LogP contribution in [0.25, 0.3) is 11.0 Å². The zero-order chi connectivity index (χ0) is 17.6. The summed E-state index contributed by atoms with van der Waals surface area (Å²) in [6.07, 6.45) is 5.93. The van der Waals surface area contributed by atoms with E-state index in [0.29, 0.717) is 18.0 Å². The van der Waals surface area contributed by atoms with Crippen LogP contribution in [0.4, 0.5) is 0 Å². The van der Waals surface area contributed by atoms with Crippen LogP contribution in [0.2, 0.25) is 0 Å². The number of fused-ring (bicyclic) bond motifs is 1. The highest BCUT2D eigenvalue weighted by atomic mass is 16.1. The number of aryl methyl sites for hydroxylation is 2. The summed E-state index contributed by atoms with van der Waals surface area (Å²) in [5.74, 6) is 0.397. The maximum Gasteiger partial charge on any atom is 0.252 e. The molecule has 0 spiro atoms. The average Bonchev–Trinajstić information content (AvgIpc) is 3.25. The smallest absolute Gasteiger partial charge is 0.252 e. The summed E-state index contributed by atoms with van der Waals surface area (Å²) in [5, 5.41) is 12.5. The minimum absolute atomic E-state index is 0.0314. The fourth-order valence-electron chi connectivity index (χ4n) is 3.10. The van der Waals surface area contributed by atoms with Gasteiger partial charge >= 0.3 is 0 Å². The molecule has 7 nitrogen and oxygen atoms in total. The van der Waals surface area contributed by atoms with Crippen LogP contribution in [0.3, 0.4) is 0 Å². The Kier molecular flexibility index (Phi) is 3.78. The fraction of sp³-hybridized carbons (Fsp3) is 0.444. The lowest BCUT2D eigenvalue weighted by atomic mass is 10.1. The molecule has 25 heavy (non-hydrogen) atoms. The van der Waals surface area contributed by atoms with Crippen LogP contribution in [-0.4, -0.2) is 36.5 Å². The molecule has 0 radical (unpaired) electrons. The number of hydrogen-bond donors (Lipinski definition) is 1. The summed E-state index contributed by atoms with van der Waals surface area (Å²) in [6.45, 7) is 4.57. The first-order chi connectivity index (χ1) is 12.0. The SMILES string of the molecule is Cc1ccn(CC(C)NC(=O)c2cc(C3CC3)nc3c2cnn3C)n1. The largest absolute Gasteiger partial charge is 0.348 e. The molecular formula is C18H22N6O. The monoisotopic (exact) mass is 338 g/mol. The molecule has 1 N–H and O–H groups in total. The molecule has 0 aromatic carbocycles. The van der Waals surface area contributed by atoms with Gasteiger partial charge in [-0.15, -0.1) is 0 Å². The predicted octanol–water partition coefficient (Wildman–Crippen LogP) is 2.17. The zero-order valence-electron chi connectivity index (χ0n) is 14.7. The lowest BCUT2D eigenvalue weighted by Crippen LogP contribution is -2.36. The number of nitrogens with one attached hydrogen (secondary N) is 1. The zero-order valence-corrected chi connectivity index (χ0v) is 14.7. The van der Waals surface area contributed by atoms with E-state index in [-0.39, 0.29) is 11.9 Å². The van der Waals surface area contributed by atoms with Crippen LogP contribution < -0.4 is 5.32 Å². The Morgan fingerprint density at radius 2 is 2.24 bits per heavy atom. The Morgan fingerprint density at radius 3 is 2.92 bits per heavy atom. The van der Waals surface area contributed by atoms with Crippen LogP contribution >= 0.6 is 0 Å². The Morgan fingerprint density at radius 1 is 1.44 bits per heavy atom. The molecule has 1 amide bonds. The van der Waals surface area contributed by atoms with E-state index in [4.69, 9.17) is 4.98 Å². The van der Waals surface area contributed by atoms with E-state index in [9.17, 15) is 4.79 Å². The van der Waals surface area contributed by atoms with Crippen molar-refractivity contribution in [1.29, 1.82) is 0 Å². The van der Waals surface area contributed by atoms with Gasteiger partial charge in [-0.3, -0.25) is 14.2 Å². The van der Waals surface area contributed by atoms with Crippen LogP contribution in [0.1, 0.15) is 47.4 Å². The van der Waals surface area contributed by atoms with E-state index in [1.807, 2.05) is 43.9 Å². The first-order valence-electron chi connectivity index (χ1n) is 8.65. The Labute approximate surface area is 146 Å². The molecule has 1 aliphatic rings. The first kappa shape index (κ1) is 15.8. The van der Waals surface area contributed by atoms with Crippen molar-refractivity contribution in [2.45, 2.75) is 45.2 Å². The molecule has 1 fully saturated rings. The van der Waals surface area contributed by atoms with Crippen LogP contribution in [0, 0.1) is 6.92 Å². The van der Waals surface area contributed by atoms with Crippen molar-refractivity contribution in [2.24, 2.45) is 7.05 Å². The van der Waals surface area contributed by atoms with Crippen molar-refractivity contribution < 1.29 is 4.79 Å². The Hall–Kier alpha value is -2.70.